The average Bonchev–Trinajstić information content (AvgIpc) is 2.24. The van der Waals surface area contributed by atoms with E-state index in [1.807, 2.05) is 13.2 Å². The van der Waals surface area contributed by atoms with Crippen molar-refractivity contribution in [2.75, 3.05) is 31.8 Å². The molecule has 0 aromatic carbocycles. The van der Waals surface area contributed by atoms with Crippen molar-refractivity contribution in [2.24, 2.45) is 5.73 Å². The van der Waals surface area contributed by atoms with Gasteiger partial charge in [-0.1, -0.05) is 12.2 Å². The summed E-state index contributed by atoms with van der Waals surface area (Å²) in [6, 6.07) is -0.409. The highest BCUT2D eigenvalue weighted by Gasteiger charge is 2.11. The zero-order chi connectivity index (χ0) is 12.4. The van der Waals surface area contributed by atoms with Gasteiger partial charge in [-0.3, -0.25) is 4.79 Å². The van der Waals surface area contributed by atoms with Crippen molar-refractivity contribution in [2.45, 2.75) is 19.4 Å². The van der Waals surface area contributed by atoms with Crippen LogP contribution in [-0.4, -0.2) is 43.7 Å². The van der Waals surface area contributed by atoms with Gasteiger partial charge in [-0.25, -0.2) is 0 Å². The first kappa shape index (κ1) is 15.5. The lowest BCUT2D eigenvalue weighted by Gasteiger charge is -2.11. The molecule has 94 valence electrons. The third kappa shape index (κ3) is 8.76. The van der Waals surface area contributed by atoms with Crippen molar-refractivity contribution >= 4 is 17.7 Å². The first-order valence-electron chi connectivity index (χ1n) is 5.32. The molecule has 16 heavy (non-hydrogen) atoms. The summed E-state index contributed by atoms with van der Waals surface area (Å²) < 4.78 is 5.25. The molecule has 1 atom stereocenters. The van der Waals surface area contributed by atoms with E-state index in [0.717, 1.165) is 11.3 Å². The van der Waals surface area contributed by atoms with Gasteiger partial charge in [-0.05, 0) is 25.4 Å². The maximum atomic E-state index is 11.4. The van der Waals surface area contributed by atoms with Gasteiger partial charge in [-0.2, -0.15) is 11.8 Å². The molecule has 0 saturated heterocycles. The van der Waals surface area contributed by atoms with E-state index in [2.05, 4.69) is 11.9 Å². The normalized spacial score (nSPS) is 12.2. The van der Waals surface area contributed by atoms with Crippen molar-refractivity contribution in [3.8, 4) is 0 Å². The van der Waals surface area contributed by atoms with E-state index in [4.69, 9.17) is 10.5 Å². The van der Waals surface area contributed by atoms with Gasteiger partial charge in [-0.15, -0.1) is 0 Å². The lowest BCUT2D eigenvalue weighted by Crippen LogP contribution is -2.42. The van der Waals surface area contributed by atoms with Crippen LogP contribution in [0.25, 0.3) is 0 Å². The molecule has 0 bridgehead atoms. The van der Waals surface area contributed by atoms with Crippen LogP contribution in [0.5, 0.6) is 0 Å². The van der Waals surface area contributed by atoms with Crippen molar-refractivity contribution < 1.29 is 9.53 Å². The van der Waals surface area contributed by atoms with Crippen LogP contribution < -0.4 is 11.1 Å². The molecule has 0 aromatic rings. The van der Waals surface area contributed by atoms with Gasteiger partial charge in [0.1, 0.15) is 0 Å². The summed E-state index contributed by atoms with van der Waals surface area (Å²) in [7, 11) is 0. The van der Waals surface area contributed by atoms with Crippen LogP contribution >= 0.6 is 11.8 Å². The van der Waals surface area contributed by atoms with E-state index >= 15 is 0 Å². The average molecular weight is 246 g/mol. The summed E-state index contributed by atoms with van der Waals surface area (Å²) in [4.78, 5) is 11.4. The molecule has 0 rings (SSSR count). The molecule has 0 aliphatic carbocycles. The maximum absolute atomic E-state index is 11.4. The fourth-order valence-electron chi connectivity index (χ4n) is 1.000. The molecule has 0 spiro atoms. The molecule has 0 fully saturated rings. The molecule has 0 aromatic heterocycles. The quantitative estimate of drug-likeness (QED) is 0.466. The number of nitrogens with one attached hydrogen (secondary N) is 1. The minimum Gasteiger partial charge on any atom is -0.375 e. The number of nitrogens with two attached hydrogens (primary N) is 1. The highest BCUT2D eigenvalue weighted by atomic mass is 32.2. The summed E-state index contributed by atoms with van der Waals surface area (Å²) in [5.41, 5.74) is 6.66. The van der Waals surface area contributed by atoms with Crippen molar-refractivity contribution in [3.63, 3.8) is 0 Å². The molecule has 1 amide bonds. The molecule has 5 heteroatoms. The van der Waals surface area contributed by atoms with E-state index in [-0.39, 0.29) is 5.91 Å². The molecular formula is C11H22N2O2S. The van der Waals surface area contributed by atoms with Gasteiger partial charge in [0.25, 0.3) is 0 Å². The predicted molar refractivity (Wildman–Crippen MR) is 69.6 cm³/mol. The summed E-state index contributed by atoms with van der Waals surface area (Å²) in [6.45, 7) is 7.14. The predicted octanol–water partition coefficient (Wildman–Crippen LogP) is 0.776. The molecule has 0 radical (unpaired) electrons. The Labute approximate surface area is 102 Å². The number of hydrogen-bond acceptors (Lipinski definition) is 4. The summed E-state index contributed by atoms with van der Waals surface area (Å²) in [5.74, 6) is 0.800. The smallest absolute Gasteiger partial charge is 0.237 e. The molecule has 0 saturated carbocycles. The molecule has 0 unspecified atom stereocenters. The molecule has 0 heterocycles. The largest absolute Gasteiger partial charge is 0.375 e. The second-order valence-electron chi connectivity index (χ2n) is 3.69. The third-order valence-electron chi connectivity index (χ3n) is 1.86. The Bertz CT molecular complexity index is 222. The summed E-state index contributed by atoms with van der Waals surface area (Å²) in [6.07, 6.45) is 2.70. The minimum absolute atomic E-state index is 0.104. The van der Waals surface area contributed by atoms with Crippen LogP contribution in [0.3, 0.4) is 0 Å². The van der Waals surface area contributed by atoms with Crippen molar-refractivity contribution in [3.05, 3.63) is 12.2 Å². The standard InChI is InChI=1S/C11H22N2O2S/c1-9(2)8-15-6-5-13-11(14)10(12)4-7-16-3/h10H,1,4-8,12H2,2-3H3,(H,13,14)/t10-/m1/s1. The number of thioether (sulfide) groups is 1. The fraction of sp³-hybridized carbons (Fsp3) is 0.727. The van der Waals surface area contributed by atoms with E-state index < -0.39 is 6.04 Å². The van der Waals surface area contributed by atoms with Crippen LogP contribution in [0.4, 0.5) is 0 Å². The highest BCUT2D eigenvalue weighted by molar-refractivity contribution is 7.98. The topological polar surface area (TPSA) is 64.3 Å². The van der Waals surface area contributed by atoms with Crippen molar-refractivity contribution in [1.82, 2.24) is 5.32 Å². The van der Waals surface area contributed by atoms with Gasteiger partial charge >= 0.3 is 0 Å². The molecule has 0 aliphatic heterocycles. The Hall–Kier alpha value is -0.520. The van der Waals surface area contributed by atoms with Crippen LogP contribution in [0.1, 0.15) is 13.3 Å². The zero-order valence-electron chi connectivity index (χ0n) is 10.1. The molecule has 4 nitrogen and oxygen atoms in total. The number of rotatable bonds is 9. The lowest BCUT2D eigenvalue weighted by atomic mass is 10.2. The number of amides is 1. The Kier molecular flexibility index (Phi) is 9.37. The maximum Gasteiger partial charge on any atom is 0.237 e. The fourth-order valence-corrected chi connectivity index (χ4v) is 1.49. The lowest BCUT2D eigenvalue weighted by molar-refractivity contribution is -0.122. The molecule has 0 aliphatic rings. The van der Waals surface area contributed by atoms with Gasteiger partial charge < -0.3 is 15.8 Å². The number of hydrogen-bond donors (Lipinski definition) is 2. The zero-order valence-corrected chi connectivity index (χ0v) is 10.9. The molecule has 3 N–H and O–H groups in total. The van der Waals surface area contributed by atoms with Crippen LogP contribution in [0.2, 0.25) is 0 Å². The summed E-state index contributed by atoms with van der Waals surface area (Å²) in [5, 5.41) is 2.74. The minimum atomic E-state index is -0.409. The first-order chi connectivity index (χ1) is 7.57. The van der Waals surface area contributed by atoms with E-state index in [1.165, 1.54) is 0 Å². The SMILES string of the molecule is C=C(C)COCCNC(=O)[C@H](N)CCSC. The monoisotopic (exact) mass is 246 g/mol. The van der Waals surface area contributed by atoms with Crippen LogP contribution in [-0.2, 0) is 9.53 Å². The van der Waals surface area contributed by atoms with Gasteiger partial charge in [0.05, 0.1) is 19.3 Å². The van der Waals surface area contributed by atoms with E-state index in [1.54, 1.807) is 11.8 Å². The van der Waals surface area contributed by atoms with Gasteiger partial charge in [0.15, 0.2) is 0 Å². The Morgan fingerprint density at radius 1 is 1.62 bits per heavy atom. The number of ether oxygens (including phenoxy) is 1. The van der Waals surface area contributed by atoms with E-state index in [9.17, 15) is 4.79 Å². The Morgan fingerprint density at radius 3 is 2.88 bits per heavy atom. The Morgan fingerprint density at radius 2 is 2.31 bits per heavy atom. The number of carbonyl (C=O) groups is 1. The van der Waals surface area contributed by atoms with Gasteiger partial charge in [0, 0.05) is 6.54 Å². The highest BCUT2D eigenvalue weighted by Crippen LogP contribution is 1.98. The van der Waals surface area contributed by atoms with Crippen LogP contribution in [0, 0.1) is 0 Å². The third-order valence-corrected chi connectivity index (χ3v) is 2.51. The molecular weight excluding hydrogens is 224 g/mol. The van der Waals surface area contributed by atoms with Gasteiger partial charge in [0.2, 0.25) is 5.91 Å². The summed E-state index contributed by atoms with van der Waals surface area (Å²) >= 11 is 1.69. The Balaban J connectivity index is 3.45. The first-order valence-corrected chi connectivity index (χ1v) is 6.71. The van der Waals surface area contributed by atoms with Crippen LogP contribution in [0.15, 0.2) is 12.2 Å². The second-order valence-corrected chi connectivity index (χ2v) is 4.67. The number of carbonyl (C=O) groups excluding carboxylic acids is 1. The van der Waals surface area contributed by atoms with E-state index in [0.29, 0.717) is 26.2 Å². The second kappa shape index (κ2) is 9.69. The van der Waals surface area contributed by atoms with Crippen molar-refractivity contribution in [1.29, 1.82) is 0 Å².